The molecule has 1 amide bonds. The number of aryl methyl sites for hydroxylation is 1. The Morgan fingerprint density at radius 3 is 2.54 bits per heavy atom. The zero-order valence-corrected chi connectivity index (χ0v) is 25.1. The van der Waals surface area contributed by atoms with Crippen LogP contribution in [-0.4, -0.2) is 29.7 Å². The minimum absolute atomic E-state index is 0.288. The molecule has 5 rings (SSSR count). The number of halogens is 2. The predicted molar refractivity (Wildman–Crippen MR) is 170 cm³/mol. The van der Waals surface area contributed by atoms with Gasteiger partial charge in [-0.05, 0) is 84.5 Å². The number of hydrogen-bond acceptors (Lipinski definition) is 5. The highest BCUT2D eigenvalue weighted by molar-refractivity contribution is 14.1. The number of hydrazone groups is 1. The highest BCUT2D eigenvalue weighted by Gasteiger charge is 2.21. The fourth-order valence-electron chi connectivity index (χ4n) is 4.32. The normalized spacial score (nSPS) is 11.1. The molecule has 9 heteroatoms. The van der Waals surface area contributed by atoms with Crippen molar-refractivity contribution in [1.82, 2.24) is 10.4 Å². The molecule has 0 radical (unpaired) electrons. The van der Waals surface area contributed by atoms with Crippen LogP contribution in [0.5, 0.6) is 11.5 Å². The summed E-state index contributed by atoms with van der Waals surface area (Å²) in [6.07, 6.45) is 1.49. The van der Waals surface area contributed by atoms with E-state index in [1.165, 1.54) is 6.21 Å². The number of nitrogens with one attached hydrogen (secondary N) is 2. The van der Waals surface area contributed by atoms with Crippen LogP contribution in [0.3, 0.4) is 0 Å². The zero-order valence-electron chi connectivity index (χ0n) is 22.2. The van der Waals surface area contributed by atoms with Crippen molar-refractivity contribution >= 4 is 63.2 Å². The predicted octanol–water partition coefficient (Wildman–Crippen LogP) is 7.78. The minimum atomic E-state index is -0.484. The lowest BCUT2D eigenvalue weighted by Crippen LogP contribution is -2.19. The van der Waals surface area contributed by atoms with Gasteiger partial charge in [0, 0.05) is 25.1 Å². The molecule has 4 aromatic carbocycles. The molecule has 0 saturated carbocycles. The summed E-state index contributed by atoms with van der Waals surface area (Å²) in [5, 5.41) is 5.60. The highest BCUT2D eigenvalue weighted by Crippen LogP contribution is 2.38. The number of para-hydroxylation sites is 1. The lowest BCUT2D eigenvalue weighted by atomic mass is 10.0. The molecule has 1 aromatic heterocycles. The number of ether oxygens (including phenoxy) is 2. The van der Waals surface area contributed by atoms with E-state index in [-0.39, 0.29) is 5.75 Å². The fraction of sp³-hybridized carbons (Fsp3) is 0.0938. The van der Waals surface area contributed by atoms with Crippen LogP contribution in [-0.2, 0) is 0 Å². The number of carbonyl (C=O) groups is 2. The quantitative estimate of drug-likeness (QED) is 0.0577. The topological polar surface area (TPSA) is 92.8 Å². The Balaban J connectivity index is 1.38. The molecule has 0 atom stereocenters. The van der Waals surface area contributed by atoms with Crippen molar-refractivity contribution in [3.8, 4) is 22.6 Å². The average Bonchev–Trinajstić information content (AvgIpc) is 3.36. The van der Waals surface area contributed by atoms with Crippen LogP contribution in [0.15, 0.2) is 90.0 Å². The van der Waals surface area contributed by atoms with Gasteiger partial charge in [-0.3, -0.25) is 4.79 Å². The van der Waals surface area contributed by atoms with E-state index in [1.807, 2.05) is 62.4 Å². The fourth-order valence-corrected chi connectivity index (χ4v) is 5.19. The number of nitrogens with zero attached hydrogens (tertiary/aromatic N) is 1. The molecule has 0 aliphatic rings. The van der Waals surface area contributed by atoms with Crippen molar-refractivity contribution in [2.45, 2.75) is 13.8 Å². The number of carbonyl (C=O) groups excluding carboxylic acids is 2. The van der Waals surface area contributed by atoms with Crippen molar-refractivity contribution in [3.63, 3.8) is 0 Å². The monoisotopic (exact) mass is 677 g/mol. The summed E-state index contributed by atoms with van der Waals surface area (Å²) in [7, 11) is 0. The summed E-state index contributed by atoms with van der Waals surface area (Å²) < 4.78 is 12.3. The lowest BCUT2D eigenvalue weighted by Gasteiger charge is -2.11. The van der Waals surface area contributed by atoms with Crippen LogP contribution in [0.4, 0.5) is 0 Å². The first-order valence-corrected chi connectivity index (χ1v) is 14.3. The zero-order chi connectivity index (χ0) is 28.9. The number of fused-ring (bicyclic) bond motifs is 1. The summed E-state index contributed by atoms with van der Waals surface area (Å²) in [4.78, 5) is 29.2. The maximum atomic E-state index is 13.3. The second-order valence-electron chi connectivity index (χ2n) is 9.11. The Morgan fingerprint density at radius 2 is 1.78 bits per heavy atom. The summed E-state index contributed by atoms with van der Waals surface area (Å²) in [5.74, 6) is -0.232. The third-order valence-electron chi connectivity index (χ3n) is 6.29. The number of amides is 1. The Hall–Kier alpha value is -4.15. The van der Waals surface area contributed by atoms with Crippen LogP contribution in [0.2, 0.25) is 5.02 Å². The van der Waals surface area contributed by atoms with E-state index in [1.54, 1.807) is 36.4 Å². The summed E-state index contributed by atoms with van der Waals surface area (Å²) in [5.41, 5.74) is 7.38. The number of rotatable bonds is 8. The van der Waals surface area contributed by atoms with Crippen molar-refractivity contribution in [2.24, 2.45) is 5.10 Å². The van der Waals surface area contributed by atoms with Crippen LogP contribution in [0.25, 0.3) is 22.0 Å². The van der Waals surface area contributed by atoms with Gasteiger partial charge in [0.2, 0.25) is 0 Å². The number of aromatic amines is 1. The third kappa shape index (κ3) is 6.28. The van der Waals surface area contributed by atoms with Crippen molar-refractivity contribution < 1.29 is 19.1 Å². The first-order valence-electron chi connectivity index (χ1n) is 12.8. The second-order valence-corrected chi connectivity index (χ2v) is 10.7. The molecule has 0 aliphatic carbocycles. The number of H-pyrrole nitrogens is 1. The molecule has 2 N–H and O–H groups in total. The Labute approximate surface area is 255 Å². The van der Waals surface area contributed by atoms with Gasteiger partial charge in [-0.2, -0.15) is 5.10 Å². The number of aromatic nitrogens is 1. The van der Waals surface area contributed by atoms with Gasteiger partial charge in [-0.1, -0.05) is 59.6 Å². The van der Waals surface area contributed by atoms with Gasteiger partial charge < -0.3 is 14.5 Å². The van der Waals surface area contributed by atoms with E-state index in [0.717, 1.165) is 25.6 Å². The molecular formula is C32H25ClIN3O4. The van der Waals surface area contributed by atoms with Gasteiger partial charge in [0.15, 0.2) is 11.5 Å². The van der Waals surface area contributed by atoms with Crippen LogP contribution >= 0.6 is 34.2 Å². The second kappa shape index (κ2) is 12.6. The van der Waals surface area contributed by atoms with E-state index >= 15 is 0 Å². The van der Waals surface area contributed by atoms with E-state index in [9.17, 15) is 9.59 Å². The van der Waals surface area contributed by atoms with Crippen molar-refractivity contribution in [1.29, 1.82) is 0 Å². The van der Waals surface area contributed by atoms with Gasteiger partial charge in [-0.15, -0.1) is 0 Å². The SMILES string of the molecule is CCOc1cc(C=NNC(=O)c2[nH]c3c(I)cccc3c2-c2ccccc2Cl)ccc1OC(=O)c1ccc(C)cc1. The van der Waals surface area contributed by atoms with E-state index in [0.29, 0.717) is 39.8 Å². The van der Waals surface area contributed by atoms with Gasteiger partial charge in [0.25, 0.3) is 5.91 Å². The van der Waals surface area contributed by atoms with E-state index in [2.05, 4.69) is 38.1 Å². The molecule has 7 nitrogen and oxygen atoms in total. The van der Waals surface area contributed by atoms with Crippen molar-refractivity contribution in [3.05, 3.63) is 116 Å². The van der Waals surface area contributed by atoms with Gasteiger partial charge in [0.05, 0.1) is 23.9 Å². The minimum Gasteiger partial charge on any atom is -0.490 e. The van der Waals surface area contributed by atoms with Gasteiger partial charge >= 0.3 is 5.97 Å². The Morgan fingerprint density at radius 1 is 1.00 bits per heavy atom. The molecule has 41 heavy (non-hydrogen) atoms. The first kappa shape index (κ1) is 28.4. The Kier molecular flexibility index (Phi) is 8.70. The van der Waals surface area contributed by atoms with E-state index in [4.69, 9.17) is 21.1 Å². The number of esters is 1. The molecule has 0 unspecified atom stereocenters. The molecule has 0 spiro atoms. The van der Waals surface area contributed by atoms with Crippen LogP contribution in [0.1, 0.15) is 38.9 Å². The number of benzene rings is 4. The van der Waals surface area contributed by atoms with E-state index < -0.39 is 11.9 Å². The molecule has 0 aliphatic heterocycles. The smallest absolute Gasteiger partial charge is 0.343 e. The standard InChI is InChI=1S/C32H25ClIN3O4/c1-3-40-27-17-20(13-16-26(27)41-32(39)21-14-11-19(2)12-15-21)18-35-37-31(38)30-28(22-7-4-5-9-24(22)33)23-8-6-10-25(34)29(23)36-30/h4-18,36H,3H2,1-2H3,(H,37,38). The Bertz CT molecular complexity index is 1780. The lowest BCUT2D eigenvalue weighted by molar-refractivity contribution is 0.0728. The first-order chi connectivity index (χ1) is 19.9. The molecular weight excluding hydrogens is 653 g/mol. The molecule has 0 fully saturated rings. The summed E-state index contributed by atoms with van der Waals surface area (Å²) >= 11 is 8.75. The van der Waals surface area contributed by atoms with Crippen molar-refractivity contribution in [2.75, 3.05) is 6.61 Å². The molecule has 0 saturated heterocycles. The van der Waals surface area contributed by atoms with Gasteiger partial charge in [-0.25, -0.2) is 10.2 Å². The van der Waals surface area contributed by atoms with Gasteiger partial charge in [0.1, 0.15) is 5.69 Å². The van der Waals surface area contributed by atoms with Crippen LogP contribution < -0.4 is 14.9 Å². The maximum Gasteiger partial charge on any atom is 0.343 e. The highest BCUT2D eigenvalue weighted by atomic mass is 127. The van der Waals surface area contributed by atoms with Crippen LogP contribution in [0, 0.1) is 10.5 Å². The third-order valence-corrected chi connectivity index (χ3v) is 7.52. The molecule has 5 aromatic rings. The average molecular weight is 678 g/mol. The maximum absolute atomic E-state index is 13.3. The largest absolute Gasteiger partial charge is 0.490 e. The molecule has 1 heterocycles. The molecule has 206 valence electrons. The summed E-state index contributed by atoms with van der Waals surface area (Å²) in [6.45, 7) is 4.16. The molecule has 0 bridgehead atoms. The summed E-state index contributed by atoms with van der Waals surface area (Å²) in [6, 6.07) is 25.4. The number of hydrogen-bond donors (Lipinski definition) is 2.